The Morgan fingerprint density at radius 2 is 1.72 bits per heavy atom. The number of nitrogens with zero attached hydrogens (tertiary/aromatic N) is 4. The number of H-pyrrole nitrogens is 2. The van der Waals surface area contributed by atoms with Crippen LogP contribution >= 0.6 is 11.3 Å². The molecule has 0 amide bonds. The summed E-state index contributed by atoms with van der Waals surface area (Å²) < 4.78 is 0. The highest BCUT2D eigenvalue weighted by Crippen LogP contribution is 2.34. The largest absolute Gasteiger partial charge is 0.338 e. The topological polar surface area (TPSA) is 83.1 Å². The van der Waals surface area contributed by atoms with Crippen molar-refractivity contribution in [3.8, 4) is 33.6 Å². The molecule has 2 N–H and O–H groups in total. The van der Waals surface area contributed by atoms with Crippen molar-refractivity contribution < 1.29 is 0 Å². The predicted molar refractivity (Wildman–Crippen MR) is 116 cm³/mol. The molecule has 0 aliphatic heterocycles. The molecule has 6 aromatic rings. The van der Waals surface area contributed by atoms with Gasteiger partial charge in [0.1, 0.15) is 11.3 Å². The van der Waals surface area contributed by atoms with Crippen LogP contribution in [0.15, 0.2) is 71.9 Å². The molecule has 6 rings (SSSR count). The molecule has 0 aliphatic carbocycles. The van der Waals surface area contributed by atoms with Gasteiger partial charge in [-0.25, -0.2) is 9.97 Å². The van der Waals surface area contributed by atoms with Gasteiger partial charge in [0.15, 0.2) is 5.65 Å². The van der Waals surface area contributed by atoms with Crippen LogP contribution in [0, 0.1) is 0 Å². The second-order valence-corrected chi connectivity index (χ2v) is 7.52. The van der Waals surface area contributed by atoms with Gasteiger partial charge in [-0.15, -0.1) is 0 Å². The van der Waals surface area contributed by atoms with Crippen molar-refractivity contribution in [3.63, 3.8) is 0 Å². The molecule has 0 aliphatic rings. The lowest BCUT2D eigenvalue weighted by atomic mass is 10.1. The first kappa shape index (κ1) is 16.1. The zero-order chi connectivity index (χ0) is 19.2. The van der Waals surface area contributed by atoms with Crippen LogP contribution < -0.4 is 0 Å². The third-order valence-corrected chi connectivity index (χ3v) is 5.73. The third kappa shape index (κ3) is 2.63. The minimum absolute atomic E-state index is 0.752. The van der Waals surface area contributed by atoms with E-state index in [1.54, 1.807) is 23.7 Å². The number of pyridine rings is 3. The first-order valence-corrected chi connectivity index (χ1v) is 10.1. The van der Waals surface area contributed by atoms with E-state index in [9.17, 15) is 0 Å². The van der Waals surface area contributed by atoms with E-state index in [0.29, 0.717) is 0 Å². The number of aromatic amines is 2. The monoisotopic (exact) mass is 394 g/mol. The van der Waals surface area contributed by atoms with Gasteiger partial charge in [0.05, 0.1) is 5.69 Å². The molecular formula is C22H14N6S. The van der Waals surface area contributed by atoms with Gasteiger partial charge in [-0.1, -0.05) is 0 Å². The molecule has 0 aromatic carbocycles. The Morgan fingerprint density at radius 3 is 2.59 bits per heavy atom. The van der Waals surface area contributed by atoms with Crippen molar-refractivity contribution in [2.45, 2.75) is 0 Å². The van der Waals surface area contributed by atoms with E-state index < -0.39 is 0 Å². The molecule has 0 unspecified atom stereocenters. The number of hydrogen-bond donors (Lipinski definition) is 2. The van der Waals surface area contributed by atoms with Gasteiger partial charge in [0, 0.05) is 41.1 Å². The lowest BCUT2D eigenvalue weighted by Gasteiger charge is -2.01. The van der Waals surface area contributed by atoms with Crippen molar-refractivity contribution in [1.82, 2.24) is 30.1 Å². The quantitative estimate of drug-likeness (QED) is 0.427. The SMILES string of the molecule is c1cc(-c2cnc3[nH]nc(-c4cc5c(-c6ccsc6)ccnc5[nH]4)c3c2)ccn1. The number of fused-ring (bicyclic) bond motifs is 2. The molecular weight excluding hydrogens is 380 g/mol. The number of aromatic nitrogens is 6. The standard InChI is InChI=1S/C22H14N6S/c1-5-23-6-2-13(1)15-9-18-20(27-28-22(18)25-11-15)19-10-17-16(14-4-8-29-12-14)3-7-24-21(17)26-19/h1-12H,(H,24,26)(H,25,27,28). The van der Waals surface area contributed by atoms with E-state index in [1.807, 2.05) is 30.6 Å². The van der Waals surface area contributed by atoms with Crippen molar-refractivity contribution in [1.29, 1.82) is 0 Å². The van der Waals surface area contributed by atoms with Gasteiger partial charge >= 0.3 is 0 Å². The Kier molecular flexibility index (Phi) is 3.54. The fraction of sp³-hybridized carbons (Fsp3) is 0. The summed E-state index contributed by atoms with van der Waals surface area (Å²) in [5.41, 5.74) is 7.79. The number of hydrogen-bond acceptors (Lipinski definition) is 5. The smallest absolute Gasteiger partial charge is 0.155 e. The van der Waals surface area contributed by atoms with Crippen LogP contribution in [-0.4, -0.2) is 30.1 Å². The van der Waals surface area contributed by atoms with Gasteiger partial charge in [-0.05, 0) is 63.8 Å². The molecule has 0 radical (unpaired) electrons. The molecule has 0 atom stereocenters. The Hall–Kier alpha value is -3.84. The normalized spacial score (nSPS) is 11.4. The van der Waals surface area contributed by atoms with E-state index >= 15 is 0 Å². The molecule has 6 heterocycles. The Bertz CT molecular complexity index is 1450. The summed E-state index contributed by atoms with van der Waals surface area (Å²) in [7, 11) is 0. The molecule has 0 saturated carbocycles. The molecule has 138 valence electrons. The summed E-state index contributed by atoms with van der Waals surface area (Å²) >= 11 is 1.69. The molecule has 6 aromatic heterocycles. The van der Waals surface area contributed by atoms with E-state index in [1.165, 1.54) is 5.56 Å². The predicted octanol–water partition coefficient (Wildman–Crippen LogP) is 5.29. The average Bonchev–Trinajstić information content (AvgIpc) is 3.52. The first-order chi connectivity index (χ1) is 14.4. The Balaban J connectivity index is 1.53. The molecule has 7 heteroatoms. The highest BCUT2D eigenvalue weighted by atomic mass is 32.1. The number of thiophene rings is 1. The van der Waals surface area contributed by atoms with Crippen molar-refractivity contribution in [2.75, 3.05) is 0 Å². The maximum Gasteiger partial charge on any atom is 0.155 e. The van der Waals surface area contributed by atoms with E-state index in [4.69, 9.17) is 0 Å². The molecule has 0 saturated heterocycles. The Morgan fingerprint density at radius 1 is 0.793 bits per heavy atom. The summed E-state index contributed by atoms with van der Waals surface area (Å²) in [6, 6.07) is 12.3. The zero-order valence-electron chi connectivity index (χ0n) is 15.1. The van der Waals surface area contributed by atoms with Crippen LogP contribution in [0.25, 0.3) is 55.7 Å². The van der Waals surface area contributed by atoms with Crippen molar-refractivity contribution in [3.05, 3.63) is 71.9 Å². The van der Waals surface area contributed by atoms with Crippen LogP contribution in [0.3, 0.4) is 0 Å². The minimum atomic E-state index is 0.752. The summed E-state index contributed by atoms with van der Waals surface area (Å²) in [6.07, 6.45) is 7.25. The maximum absolute atomic E-state index is 4.55. The molecule has 0 spiro atoms. The first-order valence-electron chi connectivity index (χ1n) is 9.12. The second-order valence-electron chi connectivity index (χ2n) is 6.74. The lowest BCUT2D eigenvalue weighted by Crippen LogP contribution is -1.83. The fourth-order valence-corrected chi connectivity index (χ4v) is 4.29. The second kappa shape index (κ2) is 6.35. The van der Waals surface area contributed by atoms with Gasteiger partial charge in [-0.2, -0.15) is 16.4 Å². The van der Waals surface area contributed by atoms with Crippen molar-refractivity contribution >= 4 is 33.4 Å². The molecule has 0 fully saturated rings. The highest BCUT2D eigenvalue weighted by molar-refractivity contribution is 7.08. The summed E-state index contributed by atoms with van der Waals surface area (Å²) in [5.74, 6) is 0. The van der Waals surface area contributed by atoms with Gasteiger partial charge in [-0.3, -0.25) is 10.1 Å². The molecule has 6 nitrogen and oxygen atoms in total. The molecule has 0 bridgehead atoms. The summed E-state index contributed by atoms with van der Waals surface area (Å²) in [5, 5.41) is 13.8. The Labute approximate surface area is 169 Å². The minimum Gasteiger partial charge on any atom is -0.338 e. The lowest BCUT2D eigenvalue weighted by molar-refractivity contribution is 1.10. The van der Waals surface area contributed by atoms with Crippen LogP contribution in [0.4, 0.5) is 0 Å². The van der Waals surface area contributed by atoms with Gasteiger partial charge in [0.25, 0.3) is 0 Å². The van der Waals surface area contributed by atoms with E-state index in [2.05, 4.69) is 59.1 Å². The number of nitrogens with one attached hydrogen (secondary N) is 2. The van der Waals surface area contributed by atoms with Crippen molar-refractivity contribution in [2.24, 2.45) is 0 Å². The van der Waals surface area contributed by atoms with Gasteiger partial charge < -0.3 is 4.98 Å². The average molecular weight is 394 g/mol. The fourth-order valence-electron chi connectivity index (χ4n) is 3.63. The van der Waals surface area contributed by atoms with E-state index in [0.717, 1.165) is 50.1 Å². The van der Waals surface area contributed by atoms with Crippen LogP contribution in [0.1, 0.15) is 0 Å². The number of rotatable bonds is 3. The maximum atomic E-state index is 4.55. The van der Waals surface area contributed by atoms with Crippen LogP contribution in [0.5, 0.6) is 0 Å². The zero-order valence-corrected chi connectivity index (χ0v) is 15.9. The molecule has 29 heavy (non-hydrogen) atoms. The van der Waals surface area contributed by atoms with Gasteiger partial charge in [0.2, 0.25) is 0 Å². The van der Waals surface area contributed by atoms with Crippen LogP contribution in [-0.2, 0) is 0 Å². The highest BCUT2D eigenvalue weighted by Gasteiger charge is 2.15. The summed E-state index contributed by atoms with van der Waals surface area (Å²) in [6.45, 7) is 0. The summed E-state index contributed by atoms with van der Waals surface area (Å²) in [4.78, 5) is 16.6. The van der Waals surface area contributed by atoms with E-state index in [-0.39, 0.29) is 0 Å². The third-order valence-electron chi connectivity index (χ3n) is 5.05. The van der Waals surface area contributed by atoms with Crippen LogP contribution in [0.2, 0.25) is 0 Å².